The standard InChI is InChI=1S/C25H32N4O2S/c1-27-14-16-28(17-15-27)13-5-12-26-24(31)21-8-10-22(11-9-21)25-29(23(30)19-32-25)18-20-6-3-2-4-7-20/h2-4,6-11,25H,5,12-19H2,1H3,(H,26,31). The molecule has 0 aromatic heterocycles. The third-order valence-electron chi connectivity index (χ3n) is 6.15. The Morgan fingerprint density at radius 2 is 1.75 bits per heavy atom. The molecule has 1 unspecified atom stereocenters. The minimum atomic E-state index is -0.0359. The number of rotatable bonds is 8. The van der Waals surface area contributed by atoms with Crippen LogP contribution in [0.1, 0.15) is 33.3 Å². The molecule has 2 heterocycles. The van der Waals surface area contributed by atoms with Crippen LogP contribution in [-0.4, -0.2) is 78.6 Å². The van der Waals surface area contributed by atoms with Crippen LogP contribution in [0, 0.1) is 0 Å². The first-order chi connectivity index (χ1) is 15.6. The van der Waals surface area contributed by atoms with Gasteiger partial charge < -0.3 is 20.0 Å². The molecule has 1 atom stereocenters. The van der Waals surface area contributed by atoms with Crippen LogP contribution in [0.15, 0.2) is 54.6 Å². The molecule has 0 spiro atoms. The van der Waals surface area contributed by atoms with Gasteiger partial charge >= 0.3 is 0 Å². The molecule has 2 aliphatic rings. The normalized spacial score (nSPS) is 20.0. The van der Waals surface area contributed by atoms with Crippen molar-refractivity contribution in [3.05, 3.63) is 71.3 Å². The molecule has 0 bridgehead atoms. The van der Waals surface area contributed by atoms with Gasteiger partial charge in [-0.05, 0) is 43.3 Å². The van der Waals surface area contributed by atoms with E-state index in [1.807, 2.05) is 59.5 Å². The fourth-order valence-corrected chi connectivity index (χ4v) is 5.35. The fourth-order valence-electron chi connectivity index (χ4n) is 4.16. The predicted molar refractivity (Wildman–Crippen MR) is 130 cm³/mol. The lowest BCUT2D eigenvalue weighted by atomic mass is 10.1. The van der Waals surface area contributed by atoms with Crippen LogP contribution >= 0.6 is 11.8 Å². The van der Waals surface area contributed by atoms with Crippen LogP contribution < -0.4 is 5.32 Å². The Balaban J connectivity index is 1.27. The second-order valence-electron chi connectivity index (χ2n) is 8.55. The highest BCUT2D eigenvalue weighted by molar-refractivity contribution is 8.00. The van der Waals surface area contributed by atoms with Crippen molar-refractivity contribution in [2.75, 3.05) is 52.1 Å². The fraction of sp³-hybridized carbons (Fsp3) is 0.440. The number of benzene rings is 2. The zero-order valence-electron chi connectivity index (χ0n) is 18.7. The molecule has 2 fully saturated rings. The number of carbonyl (C=O) groups is 2. The van der Waals surface area contributed by atoms with Crippen molar-refractivity contribution in [2.45, 2.75) is 18.3 Å². The number of thioether (sulfide) groups is 1. The molecule has 1 N–H and O–H groups in total. The van der Waals surface area contributed by atoms with E-state index in [0.717, 1.165) is 50.3 Å². The zero-order valence-corrected chi connectivity index (χ0v) is 19.5. The number of hydrogen-bond acceptors (Lipinski definition) is 5. The lowest BCUT2D eigenvalue weighted by molar-refractivity contribution is -0.128. The molecule has 2 aromatic rings. The van der Waals surface area contributed by atoms with Crippen molar-refractivity contribution in [2.24, 2.45) is 0 Å². The van der Waals surface area contributed by atoms with Crippen molar-refractivity contribution in [3.63, 3.8) is 0 Å². The summed E-state index contributed by atoms with van der Waals surface area (Å²) >= 11 is 1.64. The largest absolute Gasteiger partial charge is 0.352 e. The summed E-state index contributed by atoms with van der Waals surface area (Å²) in [6.45, 7) is 6.76. The minimum Gasteiger partial charge on any atom is -0.352 e. The van der Waals surface area contributed by atoms with Gasteiger partial charge in [0, 0.05) is 44.8 Å². The molecular weight excluding hydrogens is 420 g/mol. The van der Waals surface area contributed by atoms with Gasteiger partial charge in [-0.1, -0.05) is 42.5 Å². The van der Waals surface area contributed by atoms with Crippen LogP contribution in [0.25, 0.3) is 0 Å². The first kappa shape index (κ1) is 22.8. The maximum atomic E-state index is 12.5. The van der Waals surface area contributed by atoms with Crippen LogP contribution in [0.2, 0.25) is 0 Å². The minimum absolute atomic E-state index is 0.0107. The number of carbonyl (C=O) groups excluding carboxylic acids is 2. The second kappa shape index (κ2) is 11.0. The lowest BCUT2D eigenvalue weighted by Crippen LogP contribution is -2.45. The van der Waals surface area contributed by atoms with E-state index in [2.05, 4.69) is 22.2 Å². The predicted octanol–water partition coefficient (Wildman–Crippen LogP) is 2.83. The highest BCUT2D eigenvalue weighted by atomic mass is 32.2. The number of nitrogens with zero attached hydrogens (tertiary/aromatic N) is 3. The molecular formula is C25H32N4O2S. The summed E-state index contributed by atoms with van der Waals surface area (Å²) < 4.78 is 0. The number of amides is 2. The van der Waals surface area contributed by atoms with E-state index in [1.165, 1.54) is 0 Å². The highest BCUT2D eigenvalue weighted by Gasteiger charge is 2.32. The van der Waals surface area contributed by atoms with E-state index >= 15 is 0 Å². The third kappa shape index (κ3) is 5.91. The summed E-state index contributed by atoms with van der Waals surface area (Å²) in [6.07, 6.45) is 0.961. The maximum absolute atomic E-state index is 12.5. The summed E-state index contributed by atoms with van der Waals surface area (Å²) in [6, 6.07) is 17.8. The Bertz CT molecular complexity index is 898. The summed E-state index contributed by atoms with van der Waals surface area (Å²) in [7, 11) is 2.16. The Labute approximate surface area is 194 Å². The summed E-state index contributed by atoms with van der Waals surface area (Å²) in [5.41, 5.74) is 2.85. The van der Waals surface area contributed by atoms with Crippen LogP contribution in [0.4, 0.5) is 0 Å². The summed E-state index contributed by atoms with van der Waals surface area (Å²) in [4.78, 5) is 31.7. The molecule has 0 saturated carbocycles. The van der Waals surface area contributed by atoms with Gasteiger partial charge in [0.25, 0.3) is 5.91 Å². The molecule has 7 heteroatoms. The third-order valence-corrected chi connectivity index (χ3v) is 7.41. The van der Waals surface area contributed by atoms with Gasteiger partial charge in [0.1, 0.15) is 5.37 Å². The van der Waals surface area contributed by atoms with Gasteiger partial charge in [0.2, 0.25) is 5.91 Å². The summed E-state index contributed by atoms with van der Waals surface area (Å²) in [5, 5.41) is 3.03. The van der Waals surface area contributed by atoms with Crippen LogP contribution in [-0.2, 0) is 11.3 Å². The van der Waals surface area contributed by atoms with Crippen molar-refractivity contribution in [3.8, 4) is 0 Å². The Kier molecular flexibility index (Phi) is 7.84. The SMILES string of the molecule is CN1CCN(CCCNC(=O)c2ccc(C3SCC(=O)N3Cc3ccccc3)cc2)CC1. The molecule has 2 aromatic carbocycles. The van der Waals surface area contributed by atoms with Gasteiger partial charge in [0.15, 0.2) is 0 Å². The molecule has 6 nitrogen and oxygen atoms in total. The molecule has 0 radical (unpaired) electrons. The number of nitrogens with one attached hydrogen (secondary N) is 1. The van der Waals surface area contributed by atoms with Crippen molar-refractivity contribution < 1.29 is 9.59 Å². The second-order valence-corrected chi connectivity index (χ2v) is 9.62. The van der Waals surface area contributed by atoms with Gasteiger partial charge in [-0.2, -0.15) is 0 Å². The Hall–Kier alpha value is -2.35. The van der Waals surface area contributed by atoms with Gasteiger partial charge in [0.05, 0.1) is 5.75 Å². The maximum Gasteiger partial charge on any atom is 0.251 e. The van der Waals surface area contributed by atoms with Crippen LogP contribution in [0.3, 0.4) is 0 Å². The molecule has 4 rings (SSSR count). The topological polar surface area (TPSA) is 55.9 Å². The zero-order chi connectivity index (χ0) is 22.3. The molecule has 32 heavy (non-hydrogen) atoms. The Morgan fingerprint density at radius 3 is 2.47 bits per heavy atom. The molecule has 170 valence electrons. The molecule has 2 amide bonds. The van der Waals surface area contributed by atoms with Crippen molar-refractivity contribution >= 4 is 23.6 Å². The molecule has 0 aliphatic carbocycles. The van der Waals surface area contributed by atoms with Gasteiger partial charge in [-0.3, -0.25) is 9.59 Å². The molecule has 2 aliphatic heterocycles. The van der Waals surface area contributed by atoms with E-state index in [0.29, 0.717) is 24.4 Å². The van der Waals surface area contributed by atoms with Crippen molar-refractivity contribution in [1.29, 1.82) is 0 Å². The highest BCUT2D eigenvalue weighted by Crippen LogP contribution is 2.39. The average Bonchev–Trinajstić information content (AvgIpc) is 3.18. The van der Waals surface area contributed by atoms with E-state index in [4.69, 9.17) is 0 Å². The number of piperazine rings is 1. The van der Waals surface area contributed by atoms with Crippen molar-refractivity contribution in [1.82, 2.24) is 20.0 Å². The number of hydrogen-bond donors (Lipinski definition) is 1. The van der Waals surface area contributed by atoms with E-state index in [1.54, 1.807) is 11.8 Å². The first-order valence-electron chi connectivity index (χ1n) is 11.3. The quantitative estimate of drug-likeness (QED) is 0.625. The van der Waals surface area contributed by atoms with Crippen LogP contribution in [0.5, 0.6) is 0 Å². The molecule has 2 saturated heterocycles. The van der Waals surface area contributed by atoms with Gasteiger partial charge in [-0.15, -0.1) is 11.8 Å². The number of likely N-dealkylation sites (N-methyl/N-ethyl adjacent to an activating group) is 1. The average molecular weight is 453 g/mol. The Morgan fingerprint density at radius 1 is 1.03 bits per heavy atom. The van der Waals surface area contributed by atoms with Gasteiger partial charge in [-0.25, -0.2) is 0 Å². The summed E-state index contributed by atoms with van der Waals surface area (Å²) in [5.74, 6) is 0.616. The monoisotopic (exact) mass is 452 g/mol. The van der Waals surface area contributed by atoms with E-state index < -0.39 is 0 Å². The van der Waals surface area contributed by atoms with E-state index in [9.17, 15) is 9.59 Å². The lowest BCUT2D eigenvalue weighted by Gasteiger charge is -2.32. The first-order valence-corrected chi connectivity index (χ1v) is 12.4. The smallest absolute Gasteiger partial charge is 0.251 e. The van der Waals surface area contributed by atoms with E-state index in [-0.39, 0.29) is 17.2 Å².